The van der Waals surface area contributed by atoms with Crippen LogP contribution in [0.3, 0.4) is 0 Å². The molecule has 0 aromatic heterocycles. The van der Waals surface area contributed by atoms with Gasteiger partial charge in [0.25, 0.3) is 0 Å². The summed E-state index contributed by atoms with van der Waals surface area (Å²) in [5.41, 5.74) is 0. The molecule has 0 aromatic rings. The molecule has 4 atom stereocenters. The Balaban J connectivity index is 0.000000343. The summed E-state index contributed by atoms with van der Waals surface area (Å²) < 4.78 is 55.9. The highest BCUT2D eigenvalue weighted by Gasteiger charge is 2.65. The van der Waals surface area contributed by atoms with E-state index < -0.39 is 58.4 Å². The second-order valence-electron chi connectivity index (χ2n) is 7.57. The minimum absolute atomic E-state index is 0.165. The Kier molecular flexibility index (Phi) is 6.95. The number of hydrogen-bond donors (Lipinski definition) is 3. The highest BCUT2D eigenvalue weighted by Crippen LogP contribution is 2.47. The molecule has 0 radical (unpaired) electrons. The minimum Gasteiger partial charge on any atom is -0.478 e. The standard InChI is InChI=1S/C12H21NO8S.C4H4O4/c1-10(2)18-7-5-16-12(6-17-22(13,14)15)9(8(7)19-10)20-11(3,4)21-12;5-3(6)1-2-4(7)8/h7-9H,5-6H2,1-4H3,(H2,13,14,15);1-2H,(H,5,6)(H,7,8)/t7-,8-,9+,12+;/m1./s1. The Morgan fingerprint density at radius 1 is 1.07 bits per heavy atom. The van der Waals surface area contributed by atoms with Crippen LogP contribution in [0.4, 0.5) is 0 Å². The molecule has 3 aliphatic heterocycles. The van der Waals surface area contributed by atoms with Gasteiger partial charge in [-0.2, -0.15) is 8.42 Å². The number of nitrogens with two attached hydrogens (primary N) is 1. The van der Waals surface area contributed by atoms with E-state index >= 15 is 0 Å². The van der Waals surface area contributed by atoms with Crippen molar-refractivity contribution >= 4 is 22.2 Å². The first-order chi connectivity index (χ1) is 13.5. The molecule has 14 heteroatoms. The van der Waals surface area contributed by atoms with Crippen molar-refractivity contribution < 1.29 is 56.1 Å². The first-order valence-electron chi connectivity index (χ1n) is 8.73. The maximum absolute atomic E-state index is 11.1. The van der Waals surface area contributed by atoms with Crippen molar-refractivity contribution in [3.8, 4) is 0 Å². The van der Waals surface area contributed by atoms with Crippen LogP contribution >= 0.6 is 0 Å². The van der Waals surface area contributed by atoms with E-state index in [0.29, 0.717) is 12.2 Å². The molecule has 0 bridgehead atoms. The Morgan fingerprint density at radius 2 is 1.63 bits per heavy atom. The van der Waals surface area contributed by atoms with Crippen molar-refractivity contribution in [1.29, 1.82) is 0 Å². The third-order valence-electron chi connectivity index (χ3n) is 4.07. The van der Waals surface area contributed by atoms with Crippen molar-refractivity contribution in [2.45, 2.75) is 63.4 Å². The van der Waals surface area contributed by atoms with E-state index in [2.05, 4.69) is 0 Å². The van der Waals surface area contributed by atoms with E-state index in [1.54, 1.807) is 27.7 Å². The predicted molar refractivity (Wildman–Crippen MR) is 96.0 cm³/mol. The average Bonchev–Trinajstić information content (AvgIpc) is 3.02. The molecule has 3 saturated heterocycles. The number of ether oxygens (including phenoxy) is 5. The zero-order chi connectivity index (χ0) is 23.0. The van der Waals surface area contributed by atoms with Gasteiger partial charge in [-0.25, -0.2) is 14.7 Å². The molecular weight excluding hydrogens is 430 g/mol. The maximum atomic E-state index is 11.1. The van der Waals surface area contributed by atoms with E-state index in [9.17, 15) is 18.0 Å². The highest BCUT2D eigenvalue weighted by molar-refractivity contribution is 7.84. The normalized spacial score (nSPS) is 34.0. The first-order valence-corrected chi connectivity index (χ1v) is 10.2. The van der Waals surface area contributed by atoms with Crippen LogP contribution < -0.4 is 5.14 Å². The lowest BCUT2D eigenvalue weighted by Crippen LogP contribution is -2.60. The summed E-state index contributed by atoms with van der Waals surface area (Å²) in [4.78, 5) is 19.1. The van der Waals surface area contributed by atoms with Gasteiger partial charge in [-0.05, 0) is 27.7 Å². The van der Waals surface area contributed by atoms with E-state index in [0.717, 1.165) is 0 Å². The number of carboxylic acid groups (broad SMARTS) is 2. The van der Waals surface area contributed by atoms with Gasteiger partial charge < -0.3 is 33.9 Å². The third kappa shape index (κ3) is 6.42. The zero-order valence-electron chi connectivity index (χ0n) is 16.8. The molecule has 0 spiro atoms. The second kappa shape index (κ2) is 8.47. The number of carboxylic acids is 2. The quantitative estimate of drug-likeness (QED) is 0.443. The zero-order valence-corrected chi connectivity index (χ0v) is 17.6. The first kappa shape index (κ1) is 24.6. The Bertz CT molecular complexity index is 791. The number of aliphatic carboxylic acids is 2. The fourth-order valence-corrected chi connectivity index (χ4v) is 3.58. The maximum Gasteiger partial charge on any atom is 0.333 e. The minimum atomic E-state index is -4.14. The molecule has 0 aromatic carbocycles. The van der Waals surface area contributed by atoms with Crippen LogP contribution in [-0.2, 0) is 47.8 Å². The SMILES string of the molecule is CC1(C)O[C@@H]2[C@@H](CO[C@@]3(COS(N)(=O)=O)OC(C)(C)O[C@@H]23)O1.O=C(O)C=CC(=O)O. The van der Waals surface area contributed by atoms with E-state index in [1.807, 2.05) is 0 Å². The van der Waals surface area contributed by atoms with Crippen LogP contribution in [-0.4, -0.2) is 79.5 Å². The Morgan fingerprint density at radius 3 is 2.13 bits per heavy atom. The number of fused-ring (bicyclic) bond motifs is 3. The van der Waals surface area contributed by atoms with Gasteiger partial charge >= 0.3 is 22.2 Å². The summed E-state index contributed by atoms with van der Waals surface area (Å²) in [6, 6.07) is 0. The number of carbonyl (C=O) groups is 2. The summed E-state index contributed by atoms with van der Waals surface area (Å²) in [5.74, 6) is -5.70. The van der Waals surface area contributed by atoms with Crippen LogP contribution in [0.25, 0.3) is 0 Å². The summed E-state index contributed by atoms with van der Waals surface area (Å²) in [7, 11) is -4.14. The molecular formula is C16H25NO12S. The van der Waals surface area contributed by atoms with Gasteiger partial charge in [-0.3, -0.25) is 4.18 Å². The fourth-order valence-electron chi connectivity index (χ4n) is 3.25. The van der Waals surface area contributed by atoms with Crippen molar-refractivity contribution in [2.75, 3.05) is 13.2 Å². The molecule has 0 unspecified atom stereocenters. The van der Waals surface area contributed by atoms with Crippen molar-refractivity contribution in [1.82, 2.24) is 0 Å². The predicted octanol–water partition coefficient (Wildman–Crippen LogP) is -0.684. The van der Waals surface area contributed by atoms with E-state index in [-0.39, 0.29) is 12.7 Å². The molecule has 3 aliphatic rings. The monoisotopic (exact) mass is 455 g/mol. The fraction of sp³-hybridized carbons (Fsp3) is 0.750. The van der Waals surface area contributed by atoms with E-state index in [1.165, 1.54) is 0 Å². The number of rotatable bonds is 5. The molecule has 3 fully saturated rings. The molecule has 3 rings (SSSR count). The summed E-state index contributed by atoms with van der Waals surface area (Å²) in [5, 5.41) is 20.5. The van der Waals surface area contributed by atoms with Crippen LogP contribution in [0.2, 0.25) is 0 Å². The van der Waals surface area contributed by atoms with Gasteiger partial charge in [-0.1, -0.05) is 0 Å². The van der Waals surface area contributed by atoms with Crippen molar-refractivity contribution in [3.05, 3.63) is 12.2 Å². The third-order valence-corrected chi connectivity index (χ3v) is 4.51. The second-order valence-corrected chi connectivity index (χ2v) is 8.79. The largest absolute Gasteiger partial charge is 0.478 e. The molecule has 4 N–H and O–H groups in total. The summed E-state index contributed by atoms with van der Waals surface area (Å²) in [6.07, 6.45) is -0.385. The molecule has 30 heavy (non-hydrogen) atoms. The molecule has 0 aliphatic carbocycles. The lowest BCUT2D eigenvalue weighted by Gasteiger charge is -2.40. The lowest BCUT2D eigenvalue weighted by atomic mass is 9.98. The van der Waals surface area contributed by atoms with Crippen LogP contribution in [0, 0.1) is 0 Å². The van der Waals surface area contributed by atoms with Gasteiger partial charge in [0.15, 0.2) is 11.6 Å². The van der Waals surface area contributed by atoms with Crippen molar-refractivity contribution in [3.63, 3.8) is 0 Å². The average molecular weight is 455 g/mol. The molecule has 0 saturated carbocycles. The Labute approximate surface area is 172 Å². The number of hydrogen-bond acceptors (Lipinski definition) is 10. The molecule has 0 amide bonds. The topological polar surface area (TPSA) is 190 Å². The van der Waals surface area contributed by atoms with Crippen LogP contribution in [0.5, 0.6) is 0 Å². The van der Waals surface area contributed by atoms with E-state index in [4.69, 9.17) is 43.2 Å². The lowest BCUT2D eigenvalue weighted by molar-refractivity contribution is -0.290. The smallest absolute Gasteiger partial charge is 0.333 e. The highest BCUT2D eigenvalue weighted by atomic mass is 32.2. The Hall–Kier alpha value is -1.65. The molecule has 13 nitrogen and oxygen atoms in total. The van der Waals surface area contributed by atoms with Gasteiger partial charge in [0, 0.05) is 12.2 Å². The van der Waals surface area contributed by atoms with Crippen molar-refractivity contribution in [2.24, 2.45) is 5.14 Å². The van der Waals surface area contributed by atoms with Gasteiger partial charge in [-0.15, -0.1) is 0 Å². The summed E-state index contributed by atoms with van der Waals surface area (Å²) >= 11 is 0. The van der Waals surface area contributed by atoms with Crippen LogP contribution in [0.1, 0.15) is 27.7 Å². The van der Waals surface area contributed by atoms with Crippen LogP contribution in [0.15, 0.2) is 12.2 Å². The summed E-state index contributed by atoms with van der Waals surface area (Å²) in [6.45, 7) is 6.71. The van der Waals surface area contributed by atoms with Gasteiger partial charge in [0.05, 0.1) is 6.61 Å². The van der Waals surface area contributed by atoms with Gasteiger partial charge in [0.1, 0.15) is 24.9 Å². The molecule has 172 valence electrons. The molecule has 3 heterocycles. The van der Waals surface area contributed by atoms with Gasteiger partial charge in [0.2, 0.25) is 5.79 Å².